The fourth-order valence-corrected chi connectivity index (χ4v) is 2.83. The summed E-state index contributed by atoms with van der Waals surface area (Å²) in [5.74, 6) is -0.00942. The molecule has 0 aromatic heterocycles. The minimum atomic E-state index is -0.622. The summed E-state index contributed by atoms with van der Waals surface area (Å²) in [5.41, 5.74) is 4.61. The Kier molecular flexibility index (Phi) is 3.38. The first-order chi connectivity index (χ1) is 8.31. The number of rotatable bonds is 3. The molecule has 3 N–H and O–H groups in total. The molecule has 18 heavy (non-hydrogen) atoms. The Hall–Kier alpha value is -0.720. The van der Waals surface area contributed by atoms with Gasteiger partial charge in [-0.1, -0.05) is 12.2 Å². The Morgan fingerprint density at radius 3 is 2.61 bits per heavy atom. The quantitative estimate of drug-likeness (QED) is 0.710. The molecule has 1 saturated carbocycles. The zero-order valence-electron chi connectivity index (χ0n) is 10.8. The molecule has 0 radical (unpaired) electrons. The topological polar surface area (TPSA) is 75.8 Å². The highest BCUT2D eigenvalue weighted by Gasteiger charge is 2.55. The van der Waals surface area contributed by atoms with Crippen LogP contribution in [-0.2, 0) is 9.53 Å². The van der Waals surface area contributed by atoms with Crippen molar-refractivity contribution in [3.05, 3.63) is 0 Å². The number of ether oxygens (including phenoxy) is 1. The summed E-state index contributed by atoms with van der Waals surface area (Å²) in [5, 5.41) is 9.24. The third-order valence-electron chi connectivity index (χ3n) is 3.60. The average molecular weight is 272 g/mol. The fraction of sp³-hybridized carbons (Fsp3) is 0.833. The largest absolute Gasteiger partial charge is 0.394 e. The van der Waals surface area contributed by atoms with Gasteiger partial charge in [-0.2, -0.15) is 0 Å². The molecular formula is C12H20N2O3S. The van der Waals surface area contributed by atoms with E-state index >= 15 is 0 Å². The van der Waals surface area contributed by atoms with Crippen molar-refractivity contribution in [2.45, 2.75) is 38.4 Å². The van der Waals surface area contributed by atoms with E-state index in [1.54, 1.807) is 4.90 Å². The van der Waals surface area contributed by atoms with Gasteiger partial charge in [0.25, 0.3) is 0 Å². The van der Waals surface area contributed by atoms with Crippen molar-refractivity contribution in [1.29, 1.82) is 0 Å². The Morgan fingerprint density at radius 1 is 1.56 bits per heavy atom. The number of aliphatic hydroxyl groups is 1. The smallest absolute Gasteiger partial charge is 0.235 e. The number of amides is 1. The molecule has 6 heteroatoms. The third-order valence-corrected chi connectivity index (χ3v) is 3.99. The molecule has 1 unspecified atom stereocenters. The predicted octanol–water partition coefficient (Wildman–Crippen LogP) is 0.0510. The highest BCUT2D eigenvalue weighted by Crippen LogP contribution is 2.48. The van der Waals surface area contributed by atoms with Gasteiger partial charge < -0.3 is 20.5 Å². The first-order valence-electron chi connectivity index (χ1n) is 6.19. The van der Waals surface area contributed by atoms with E-state index in [-0.39, 0.29) is 23.6 Å². The van der Waals surface area contributed by atoms with E-state index in [0.29, 0.717) is 13.1 Å². The maximum atomic E-state index is 12.5. The van der Waals surface area contributed by atoms with Gasteiger partial charge in [0.2, 0.25) is 5.91 Å². The molecule has 2 rings (SSSR count). The van der Waals surface area contributed by atoms with Crippen LogP contribution in [0.1, 0.15) is 26.7 Å². The molecule has 0 aromatic rings. The first kappa shape index (κ1) is 13.7. The Balaban J connectivity index is 2.13. The third kappa shape index (κ3) is 2.37. The lowest BCUT2D eigenvalue weighted by Crippen LogP contribution is -2.58. The number of morpholine rings is 1. The minimum absolute atomic E-state index is 0.00942. The second kappa shape index (κ2) is 4.43. The fourth-order valence-electron chi connectivity index (χ4n) is 2.54. The lowest BCUT2D eigenvalue weighted by Gasteiger charge is -2.43. The molecule has 1 heterocycles. The van der Waals surface area contributed by atoms with Crippen LogP contribution in [0, 0.1) is 5.41 Å². The lowest BCUT2D eigenvalue weighted by molar-refractivity contribution is -0.169. The summed E-state index contributed by atoms with van der Waals surface area (Å²) in [6.07, 6.45) is 1.14. The number of hydrogen-bond donors (Lipinski definition) is 2. The zero-order valence-corrected chi connectivity index (χ0v) is 11.6. The van der Waals surface area contributed by atoms with Crippen molar-refractivity contribution < 1.29 is 14.6 Å². The van der Waals surface area contributed by atoms with E-state index in [1.165, 1.54) is 0 Å². The molecule has 0 aromatic carbocycles. The van der Waals surface area contributed by atoms with Crippen molar-refractivity contribution in [2.24, 2.45) is 11.1 Å². The maximum absolute atomic E-state index is 12.5. The van der Waals surface area contributed by atoms with Crippen LogP contribution < -0.4 is 5.73 Å². The summed E-state index contributed by atoms with van der Waals surface area (Å²) in [6, 6.07) is 0. The number of carbonyl (C=O) groups excluding carboxylic acids is 1. The number of hydrogen-bond acceptors (Lipinski definition) is 4. The van der Waals surface area contributed by atoms with Crippen LogP contribution >= 0.6 is 12.2 Å². The lowest BCUT2D eigenvalue weighted by atomic mass is 10.0. The summed E-state index contributed by atoms with van der Waals surface area (Å²) in [7, 11) is 0. The van der Waals surface area contributed by atoms with Crippen LogP contribution in [0.25, 0.3) is 0 Å². The standard InChI is InChI=1S/C12H20N2O3S/c1-11(2)7-14(5-8(6-15)17-11)10(16)12(3-4-12)9(13)18/h8,15H,3-7H2,1-2H3,(H2,13,18). The Bertz CT molecular complexity index is 380. The van der Waals surface area contributed by atoms with Crippen LogP contribution in [0.5, 0.6) is 0 Å². The molecule has 2 aliphatic rings. The molecule has 0 spiro atoms. The van der Waals surface area contributed by atoms with Gasteiger partial charge in [0.1, 0.15) is 0 Å². The molecule has 1 aliphatic carbocycles. The van der Waals surface area contributed by atoms with Gasteiger partial charge in [-0.05, 0) is 26.7 Å². The van der Waals surface area contributed by atoms with Crippen LogP contribution in [0.15, 0.2) is 0 Å². The minimum Gasteiger partial charge on any atom is -0.394 e. The monoisotopic (exact) mass is 272 g/mol. The highest BCUT2D eigenvalue weighted by atomic mass is 32.1. The molecule has 1 saturated heterocycles. The van der Waals surface area contributed by atoms with Crippen LogP contribution in [-0.4, -0.2) is 52.3 Å². The summed E-state index contributed by atoms with van der Waals surface area (Å²) >= 11 is 5.00. The Labute approximate surface area is 112 Å². The summed E-state index contributed by atoms with van der Waals surface area (Å²) < 4.78 is 5.69. The van der Waals surface area contributed by atoms with Gasteiger partial charge in [0.05, 0.1) is 28.7 Å². The van der Waals surface area contributed by atoms with Crippen LogP contribution in [0.4, 0.5) is 0 Å². The molecule has 1 atom stereocenters. The van der Waals surface area contributed by atoms with Crippen molar-refractivity contribution in [2.75, 3.05) is 19.7 Å². The van der Waals surface area contributed by atoms with E-state index < -0.39 is 11.0 Å². The highest BCUT2D eigenvalue weighted by molar-refractivity contribution is 7.80. The molecule has 102 valence electrons. The van der Waals surface area contributed by atoms with Gasteiger partial charge in [-0.3, -0.25) is 4.79 Å². The second-order valence-electron chi connectivity index (χ2n) is 5.81. The van der Waals surface area contributed by atoms with E-state index in [4.69, 9.17) is 22.7 Å². The van der Waals surface area contributed by atoms with Crippen molar-refractivity contribution >= 4 is 23.1 Å². The Morgan fingerprint density at radius 2 is 2.17 bits per heavy atom. The van der Waals surface area contributed by atoms with Gasteiger partial charge >= 0.3 is 0 Å². The van der Waals surface area contributed by atoms with Crippen molar-refractivity contribution in [1.82, 2.24) is 4.90 Å². The molecule has 1 aliphatic heterocycles. The normalized spacial score (nSPS) is 28.8. The van der Waals surface area contributed by atoms with E-state index in [0.717, 1.165) is 12.8 Å². The predicted molar refractivity (Wildman–Crippen MR) is 71.1 cm³/mol. The number of carbonyl (C=O) groups is 1. The van der Waals surface area contributed by atoms with Crippen molar-refractivity contribution in [3.8, 4) is 0 Å². The van der Waals surface area contributed by atoms with Gasteiger partial charge in [-0.15, -0.1) is 0 Å². The van der Waals surface area contributed by atoms with Crippen LogP contribution in [0.3, 0.4) is 0 Å². The number of thiocarbonyl (C=S) groups is 1. The first-order valence-corrected chi connectivity index (χ1v) is 6.59. The summed E-state index contributed by atoms with van der Waals surface area (Å²) in [6.45, 7) is 4.65. The zero-order chi connectivity index (χ0) is 13.6. The molecule has 5 nitrogen and oxygen atoms in total. The SMILES string of the molecule is CC1(C)CN(C(=O)C2(C(N)=S)CC2)CC(CO)O1. The van der Waals surface area contributed by atoms with Gasteiger partial charge in [0, 0.05) is 13.1 Å². The van der Waals surface area contributed by atoms with Gasteiger partial charge in [0.15, 0.2) is 0 Å². The second-order valence-corrected chi connectivity index (χ2v) is 6.25. The van der Waals surface area contributed by atoms with Gasteiger partial charge in [-0.25, -0.2) is 0 Å². The number of aliphatic hydroxyl groups excluding tert-OH is 1. The molecule has 1 amide bonds. The molecule has 2 fully saturated rings. The summed E-state index contributed by atoms with van der Waals surface area (Å²) in [4.78, 5) is 14.5. The van der Waals surface area contributed by atoms with E-state index in [1.807, 2.05) is 13.8 Å². The number of nitrogens with two attached hydrogens (primary N) is 1. The maximum Gasteiger partial charge on any atom is 0.235 e. The van der Waals surface area contributed by atoms with Crippen LogP contribution in [0.2, 0.25) is 0 Å². The number of nitrogens with zero attached hydrogens (tertiary/aromatic N) is 1. The van der Waals surface area contributed by atoms with E-state index in [9.17, 15) is 9.90 Å². The molecule has 0 bridgehead atoms. The average Bonchev–Trinajstić information content (AvgIpc) is 3.06. The molecular weight excluding hydrogens is 252 g/mol. The van der Waals surface area contributed by atoms with Crippen molar-refractivity contribution in [3.63, 3.8) is 0 Å². The van der Waals surface area contributed by atoms with E-state index in [2.05, 4.69) is 0 Å².